The van der Waals surface area contributed by atoms with Crippen LogP contribution < -0.4 is 0 Å². The largest absolute Gasteiger partial charge is 0.387 e. The van der Waals surface area contributed by atoms with E-state index < -0.39 is 24.4 Å². The van der Waals surface area contributed by atoms with E-state index >= 15 is 0 Å². The molecular formula is C12H16O4. The maximum Gasteiger partial charge on any atom is 0.113 e. The molecule has 4 atom stereocenters. The fourth-order valence-corrected chi connectivity index (χ4v) is 1.38. The molecule has 0 saturated carbocycles. The van der Waals surface area contributed by atoms with Crippen LogP contribution in [0.2, 0.25) is 0 Å². The first-order valence-corrected chi connectivity index (χ1v) is 4.97. The van der Waals surface area contributed by atoms with Crippen molar-refractivity contribution in [1.82, 2.24) is 0 Å². The Balaban J connectivity index is 2.74. The molecule has 0 aliphatic rings. The minimum absolute atomic E-state index is 0.477. The zero-order chi connectivity index (χ0) is 12.1. The van der Waals surface area contributed by atoms with E-state index in [9.17, 15) is 20.4 Å². The molecule has 0 fully saturated rings. The predicted octanol–water partition coefficient (Wildman–Crippen LogP) is -0.0113. The van der Waals surface area contributed by atoms with Gasteiger partial charge in [-0.2, -0.15) is 0 Å². The highest BCUT2D eigenvalue weighted by Gasteiger charge is 2.29. The third kappa shape index (κ3) is 2.90. The molecule has 0 heterocycles. The van der Waals surface area contributed by atoms with Crippen molar-refractivity contribution in [3.63, 3.8) is 0 Å². The van der Waals surface area contributed by atoms with Gasteiger partial charge in [-0.1, -0.05) is 36.4 Å². The molecule has 0 amide bonds. The monoisotopic (exact) mass is 224 g/mol. The smallest absolute Gasteiger partial charge is 0.113 e. The Labute approximate surface area is 94.1 Å². The average molecular weight is 224 g/mol. The van der Waals surface area contributed by atoms with Crippen molar-refractivity contribution in [3.8, 4) is 0 Å². The predicted molar refractivity (Wildman–Crippen MR) is 59.6 cm³/mol. The molecule has 1 aromatic rings. The molecule has 0 aromatic heterocycles. The summed E-state index contributed by atoms with van der Waals surface area (Å²) in [6, 6.07) is 8.45. The molecule has 0 bridgehead atoms. The summed E-state index contributed by atoms with van der Waals surface area (Å²) in [5.41, 5.74) is 0.477. The first-order chi connectivity index (χ1) is 7.57. The lowest BCUT2D eigenvalue weighted by molar-refractivity contribution is -0.0943. The Kier molecular flexibility index (Phi) is 4.64. The summed E-state index contributed by atoms with van der Waals surface area (Å²) in [5.74, 6) is 0. The van der Waals surface area contributed by atoms with Gasteiger partial charge in [0.15, 0.2) is 0 Å². The summed E-state index contributed by atoms with van der Waals surface area (Å²) < 4.78 is 0. The Morgan fingerprint density at radius 1 is 0.938 bits per heavy atom. The van der Waals surface area contributed by atoms with E-state index in [1.807, 2.05) is 0 Å². The molecule has 0 spiro atoms. The van der Waals surface area contributed by atoms with E-state index in [2.05, 4.69) is 6.58 Å². The number of hydrogen-bond donors (Lipinski definition) is 4. The van der Waals surface area contributed by atoms with Crippen LogP contribution in [-0.2, 0) is 0 Å². The molecule has 0 unspecified atom stereocenters. The molecule has 88 valence electrons. The third-order valence-electron chi connectivity index (χ3n) is 2.41. The second-order valence-electron chi connectivity index (χ2n) is 3.56. The van der Waals surface area contributed by atoms with Gasteiger partial charge in [0.2, 0.25) is 0 Å². The van der Waals surface area contributed by atoms with Crippen LogP contribution in [0.25, 0.3) is 0 Å². The molecule has 4 heteroatoms. The Bertz CT molecular complexity index is 325. The summed E-state index contributed by atoms with van der Waals surface area (Å²) in [5, 5.41) is 38.1. The van der Waals surface area contributed by atoms with Gasteiger partial charge < -0.3 is 20.4 Å². The zero-order valence-corrected chi connectivity index (χ0v) is 8.77. The molecule has 16 heavy (non-hydrogen) atoms. The van der Waals surface area contributed by atoms with E-state index in [0.29, 0.717) is 5.56 Å². The van der Waals surface area contributed by atoms with Gasteiger partial charge in [-0.05, 0) is 5.56 Å². The van der Waals surface area contributed by atoms with Crippen LogP contribution in [-0.4, -0.2) is 38.7 Å². The highest BCUT2D eigenvalue weighted by atomic mass is 16.4. The van der Waals surface area contributed by atoms with Crippen LogP contribution >= 0.6 is 0 Å². The molecule has 0 radical (unpaired) electrons. The maximum atomic E-state index is 9.75. The molecule has 0 aliphatic carbocycles. The lowest BCUT2D eigenvalue weighted by Crippen LogP contribution is -2.40. The van der Waals surface area contributed by atoms with Gasteiger partial charge >= 0.3 is 0 Å². The number of aliphatic hydroxyl groups excluding tert-OH is 4. The molecule has 4 N–H and O–H groups in total. The Morgan fingerprint density at radius 3 is 2.00 bits per heavy atom. The number of aliphatic hydroxyl groups is 4. The summed E-state index contributed by atoms with van der Waals surface area (Å²) in [7, 11) is 0. The SMILES string of the molecule is C=C[C@@H](O)[C@H](O)[C@@H](O)[C@@H](O)c1ccccc1. The van der Waals surface area contributed by atoms with Gasteiger partial charge in [-0.15, -0.1) is 6.58 Å². The lowest BCUT2D eigenvalue weighted by atomic mass is 9.97. The van der Waals surface area contributed by atoms with Crippen molar-refractivity contribution in [2.24, 2.45) is 0 Å². The molecular weight excluding hydrogens is 208 g/mol. The van der Waals surface area contributed by atoms with Crippen molar-refractivity contribution in [2.45, 2.75) is 24.4 Å². The van der Waals surface area contributed by atoms with Gasteiger partial charge in [0.05, 0.1) is 0 Å². The van der Waals surface area contributed by atoms with Crippen molar-refractivity contribution < 1.29 is 20.4 Å². The Morgan fingerprint density at radius 2 is 1.50 bits per heavy atom. The van der Waals surface area contributed by atoms with E-state index in [1.165, 1.54) is 0 Å². The number of hydrogen-bond acceptors (Lipinski definition) is 4. The summed E-state index contributed by atoms with van der Waals surface area (Å²) in [6.07, 6.45) is -4.34. The highest BCUT2D eigenvalue weighted by Crippen LogP contribution is 2.20. The molecule has 1 rings (SSSR count). The van der Waals surface area contributed by atoms with Gasteiger partial charge in [-0.3, -0.25) is 0 Å². The van der Waals surface area contributed by atoms with E-state index in [0.717, 1.165) is 6.08 Å². The summed E-state index contributed by atoms with van der Waals surface area (Å²) in [4.78, 5) is 0. The van der Waals surface area contributed by atoms with E-state index in [4.69, 9.17) is 0 Å². The Hall–Kier alpha value is -1.20. The molecule has 0 saturated heterocycles. The van der Waals surface area contributed by atoms with Crippen molar-refractivity contribution >= 4 is 0 Å². The fraction of sp³-hybridized carbons (Fsp3) is 0.333. The first-order valence-electron chi connectivity index (χ1n) is 4.97. The number of rotatable bonds is 5. The van der Waals surface area contributed by atoms with Crippen LogP contribution in [0.3, 0.4) is 0 Å². The maximum absolute atomic E-state index is 9.75. The summed E-state index contributed by atoms with van der Waals surface area (Å²) >= 11 is 0. The van der Waals surface area contributed by atoms with Gasteiger partial charge in [0.25, 0.3) is 0 Å². The van der Waals surface area contributed by atoms with E-state index in [1.54, 1.807) is 30.3 Å². The van der Waals surface area contributed by atoms with Gasteiger partial charge in [0.1, 0.15) is 24.4 Å². The van der Waals surface area contributed by atoms with Gasteiger partial charge in [0, 0.05) is 0 Å². The van der Waals surface area contributed by atoms with Crippen LogP contribution in [0.4, 0.5) is 0 Å². The third-order valence-corrected chi connectivity index (χ3v) is 2.41. The fourth-order valence-electron chi connectivity index (χ4n) is 1.38. The van der Waals surface area contributed by atoms with E-state index in [-0.39, 0.29) is 0 Å². The minimum atomic E-state index is -1.47. The standard InChI is InChI=1S/C12H16O4/c1-2-9(13)11(15)12(16)10(14)8-6-4-3-5-7-8/h2-7,9-16H,1H2/t9-,10+,11+,12+/m1/s1. The summed E-state index contributed by atoms with van der Waals surface area (Å²) in [6.45, 7) is 3.29. The van der Waals surface area contributed by atoms with Crippen molar-refractivity contribution in [3.05, 3.63) is 48.6 Å². The highest BCUT2D eigenvalue weighted by molar-refractivity contribution is 5.19. The van der Waals surface area contributed by atoms with Crippen LogP contribution in [0, 0.1) is 0 Å². The zero-order valence-electron chi connectivity index (χ0n) is 8.77. The molecule has 1 aromatic carbocycles. The average Bonchev–Trinajstić information content (AvgIpc) is 2.36. The molecule has 0 aliphatic heterocycles. The second-order valence-corrected chi connectivity index (χ2v) is 3.56. The van der Waals surface area contributed by atoms with Gasteiger partial charge in [-0.25, -0.2) is 0 Å². The first kappa shape index (κ1) is 12.9. The lowest BCUT2D eigenvalue weighted by Gasteiger charge is -2.25. The minimum Gasteiger partial charge on any atom is -0.387 e. The topological polar surface area (TPSA) is 80.9 Å². The van der Waals surface area contributed by atoms with Crippen LogP contribution in [0.15, 0.2) is 43.0 Å². The normalized spacial score (nSPS) is 18.5. The number of benzene rings is 1. The van der Waals surface area contributed by atoms with Crippen molar-refractivity contribution in [2.75, 3.05) is 0 Å². The quantitative estimate of drug-likeness (QED) is 0.530. The second kappa shape index (κ2) is 5.77. The molecule has 4 nitrogen and oxygen atoms in total. The van der Waals surface area contributed by atoms with Crippen LogP contribution in [0.1, 0.15) is 11.7 Å². The van der Waals surface area contributed by atoms with Crippen molar-refractivity contribution in [1.29, 1.82) is 0 Å². The van der Waals surface area contributed by atoms with Crippen LogP contribution in [0.5, 0.6) is 0 Å².